The van der Waals surface area contributed by atoms with Crippen molar-refractivity contribution in [3.63, 3.8) is 0 Å². The third kappa shape index (κ3) is 2.88. The molecule has 186 valence electrons. The maximum atomic E-state index is 2.72. The highest BCUT2D eigenvalue weighted by molar-refractivity contribution is 5.98. The molecule has 3 aliphatic rings. The summed E-state index contributed by atoms with van der Waals surface area (Å²) < 4.78 is 0. The largest absolute Gasteiger partial charge is 0.334 e. The minimum absolute atomic E-state index is 0.0515. The Kier molecular flexibility index (Phi) is 4.57. The van der Waals surface area contributed by atoms with E-state index in [0.29, 0.717) is 0 Å². The van der Waals surface area contributed by atoms with Gasteiger partial charge in [0.15, 0.2) is 0 Å². The van der Waals surface area contributed by atoms with Gasteiger partial charge in [-0.25, -0.2) is 0 Å². The molecule has 2 unspecified atom stereocenters. The summed E-state index contributed by atoms with van der Waals surface area (Å²) >= 11 is 0. The molecule has 38 heavy (non-hydrogen) atoms. The van der Waals surface area contributed by atoms with Crippen LogP contribution in [0.5, 0.6) is 0 Å². The SMILES string of the molecule is CC12CCCCC1(C)N(c1cccc3ccccc13)c1ccc(-c3ccc4c(c3)Cc3ccccc3-4)cc12. The third-order valence-electron chi connectivity index (χ3n) is 10.2. The molecule has 1 nitrogen and oxygen atoms in total. The van der Waals surface area contributed by atoms with Gasteiger partial charge in [0.2, 0.25) is 0 Å². The highest BCUT2D eigenvalue weighted by Crippen LogP contribution is 2.61. The van der Waals surface area contributed by atoms with E-state index in [1.165, 1.54) is 86.8 Å². The van der Waals surface area contributed by atoms with Gasteiger partial charge in [-0.3, -0.25) is 0 Å². The van der Waals surface area contributed by atoms with Gasteiger partial charge in [0.05, 0.1) is 5.54 Å². The number of benzene rings is 5. The number of hydrogen-bond acceptors (Lipinski definition) is 1. The molecule has 2 atom stereocenters. The predicted molar refractivity (Wildman–Crippen MR) is 160 cm³/mol. The molecule has 0 aromatic heterocycles. The van der Waals surface area contributed by atoms with Gasteiger partial charge in [0.1, 0.15) is 0 Å². The zero-order chi connectivity index (χ0) is 25.5. The number of nitrogens with zero attached hydrogens (tertiary/aromatic N) is 1. The standard InChI is InChI=1S/C37H33N/c1-36-20-7-8-21-37(36,2)38(34-15-9-12-25-10-3-6-14-32(25)34)35-19-17-27(24-33(35)36)26-16-18-31-29(22-26)23-28-11-4-5-13-30(28)31/h3-6,9-19,22,24H,7-8,20-21,23H2,1-2H3. The van der Waals surface area contributed by atoms with Gasteiger partial charge in [-0.15, -0.1) is 0 Å². The summed E-state index contributed by atoms with van der Waals surface area (Å²) in [6.07, 6.45) is 6.08. The number of anilines is 2. The highest BCUT2D eigenvalue weighted by Gasteiger charge is 2.57. The van der Waals surface area contributed by atoms with E-state index in [1.807, 2.05) is 0 Å². The zero-order valence-corrected chi connectivity index (χ0v) is 22.3. The van der Waals surface area contributed by atoms with E-state index in [1.54, 1.807) is 0 Å². The van der Waals surface area contributed by atoms with Crippen LogP contribution in [-0.2, 0) is 11.8 Å². The lowest BCUT2D eigenvalue weighted by Gasteiger charge is -2.50. The maximum absolute atomic E-state index is 2.72. The lowest BCUT2D eigenvalue weighted by Crippen LogP contribution is -2.54. The van der Waals surface area contributed by atoms with Crippen LogP contribution in [0, 0.1) is 0 Å². The van der Waals surface area contributed by atoms with Gasteiger partial charge in [-0.2, -0.15) is 0 Å². The minimum Gasteiger partial charge on any atom is -0.334 e. The van der Waals surface area contributed by atoms with Crippen molar-refractivity contribution >= 4 is 22.1 Å². The topological polar surface area (TPSA) is 3.24 Å². The van der Waals surface area contributed by atoms with Crippen LogP contribution >= 0.6 is 0 Å². The van der Waals surface area contributed by atoms with E-state index in [4.69, 9.17) is 0 Å². The lowest BCUT2D eigenvalue weighted by atomic mass is 9.61. The van der Waals surface area contributed by atoms with E-state index in [-0.39, 0.29) is 11.0 Å². The van der Waals surface area contributed by atoms with Crippen molar-refractivity contribution in [1.29, 1.82) is 0 Å². The van der Waals surface area contributed by atoms with E-state index in [9.17, 15) is 0 Å². The normalized spacial score (nSPS) is 23.2. The fourth-order valence-corrected chi connectivity index (χ4v) is 8.02. The Labute approximate surface area is 225 Å². The summed E-state index contributed by atoms with van der Waals surface area (Å²) in [6, 6.07) is 39.0. The molecule has 1 heteroatoms. The molecule has 0 radical (unpaired) electrons. The fourth-order valence-electron chi connectivity index (χ4n) is 8.02. The van der Waals surface area contributed by atoms with E-state index in [2.05, 4.69) is 122 Å². The lowest BCUT2D eigenvalue weighted by molar-refractivity contribution is 0.195. The van der Waals surface area contributed by atoms with Crippen molar-refractivity contribution in [3.8, 4) is 22.3 Å². The van der Waals surface area contributed by atoms with Crippen molar-refractivity contribution < 1.29 is 0 Å². The van der Waals surface area contributed by atoms with E-state index in [0.717, 1.165) is 6.42 Å². The molecular formula is C37H33N. The fraction of sp³-hybridized carbons (Fsp3) is 0.243. The van der Waals surface area contributed by atoms with Crippen LogP contribution in [0.3, 0.4) is 0 Å². The van der Waals surface area contributed by atoms with Crippen LogP contribution in [-0.4, -0.2) is 5.54 Å². The average Bonchev–Trinajstić information content (AvgIpc) is 3.42. The second kappa shape index (κ2) is 7.84. The second-order valence-electron chi connectivity index (χ2n) is 12.1. The van der Waals surface area contributed by atoms with Gasteiger partial charge < -0.3 is 4.90 Å². The van der Waals surface area contributed by atoms with Crippen molar-refractivity contribution in [2.24, 2.45) is 0 Å². The number of hydrogen-bond donors (Lipinski definition) is 0. The Morgan fingerprint density at radius 1 is 0.605 bits per heavy atom. The predicted octanol–water partition coefficient (Wildman–Crippen LogP) is 9.82. The smallest absolute Gasteiger partial charge is 0.0518 e. The van der Waals surface area contributed by atoms with Crippen LogP contribution < -0.4 is 4.90 Å². The first-order chi connectivity index (χ1) is 18.6. The average molecular weight is 492 g/mol. The van der Waals surface area contributed by atoms with Crippen LogP contribution in [0.25, 0.3) is 33.0 Å². The molecule has 2 aliphatic carbocycles. The van der Waals surface area contributed by atoms with Crippen LogP contribution in [0.1, 0.15) is 56.2 Å². The van der Waals surface area contributed by atoms with Gasteiger partial charge in [-0.05, 0) is 88.7 Å². The van der Waals surface area contributed by atoms with Gasteiger partial charge >= 0.3 is 0 Å². The summed E-state index contributed by atoms with van der Waals surface area (Å²) in [5.74, 6) is 0. The molecule has 1 saturated carbocycles. The van der Waals surface area contributed by atoms with Crippen molar-refractivity contribution in [2.45, 2.75) is 56.9 Å². The van der Waals surface area contributed by atoms with Gasteiger partial charge in [0, 0.05) is 22.2 Å². The summed E-state index contributed by atoms with van der Waals surface area (Å²) in [6.45, 7) is 5.07. The molecule has 0 saturated heterocycles. The molecular weight excluding hydrogens is 458 g/mol. The van der Waals surface area contributed by atoms with Crippen molar-refractivity contribution in [2.75, 3.05) is 4.90 Å². The molecule has 5 aromatic rings. The first-order valence-corrected chi connectivity index (χ1v) is 14.2. The Morgan fingerprint density at radius 2 is 1.34 bits per heavy atom. The molecule has 8 rings (SSSR count). The van der Waals surface area contributed by atoms with Crippen molar-refractivity contribution in [3.05, 3.63) is 120 Å². The molecule has 1 aliphatic heterocycles. The Hall–Kier alpha value is -3.84. The van der Waals surface area contributed by atoms with Crippen LogP contribution in [0.4, 0.5) is 11.4 Å². The number of rotatable bonds is 2. The zero-order valence-electron chi connectivity index (χ0n) is 22.3. The summed E-state index contributed by atoms with van der Waals surface area (Å²) in [5.41, 5.74) is 12.8. The Balaban J connectivity index is 1.29. The Bertz CT molecular complexity index is 1740. The Morgan fingerprint density at radius 3 is 2.29 bits per heavy atom. The molecule has 5 aromatic carbocycles. The molecule has 0 spiro atoms. The summed E-state index contributed by atoms with van der Waals surface area (Å²) in [4.78, 5) is 2.72. The van der Waals surface area contributed by atoms with Gasteiger partial charge in [0.25, 0.3) is 0 Å². The molecule has 1 fully saturated rings. The quantitative estimate of drug-likeness (QED) is 0.233. The van der Waals surface area contributed by atoms with E-state index < -0.39 is 0 Å². The third-order valence-corrected chi connectivity index (χ3v) is 10.2. The molecule has 1 heterocycles. The number of fused-ring (bicyclic) bond motifs is 7. The summed E-state index contributed by atoms with van der Waals surface area (Å²) in [7, 11) is 0. The van der Waals surface area contributed by atoms with Crippen LogP contribution in [0.15, 0.2) is 103 Å². The molecule has 0 amide bonds. The monoisotopic (exact) mass is 491 g/mol. The van der Waals surface area contributed by atoms with Gasteiger partial charge in [-0.1, -0.05) is 105 Å². The highest BCUT2D eigenvalue weighted by atomic mass is 15.3. The first-order valence-electron chi connectivity index (χ1n) is 14.2. The van der Waals surface area contributed by atoms with Crippen LogP contribution in [0.2, 0.25) is 0 Å². The molecule has 0 N–H and O–H groups in total. The molecule has 0 bridgehead atoms. The van der Waals surface area contributed by atoms with E-state index >= 15 is 0 Å². The second-order valence-corrected chi connectivity index (χ2v) is 12.1. The minimum atomic E-state index is 0.0515. The van der Waals surface area contributed by atoms with Crippen molar-refractivity contribution in [1.82, 2.24) is 0 Å². The summed E-state index contributed by atoms with van der Waals surface area (Å²) in [5, 5.41) is 2.66. The maximum Gasteiger partial charge on any atom is 0.0518 e. The first kappa shape index (κ1) is 22.2.